The second kappa shape index (κ2) is 4.58. The lowest BCUT2D eigenvalue weighted by Crippen LogP contribution is -2.43. The van der Waals surface area contributed by atoms with Crippen LogP contribution in [-0.4, -0.2) is 39.8 Å². The Labute approximate surface area is 70.6 Å². The number of nitrogens with zero attached hydrogens (tertiary/aromatic N) is 1. The van der Waals surface area contributed by atoms with Crippen molar-refractivity contribution >= 4 is 12.1 Å². The standard InChI is InChI=1S/C7H13NO4/c1-3-5(6(9)10)8(4-2)7(11)12/h5H,3-4H2,1-2H3,(H,9,10)(H,11,12)/t5-/m1/s1. The van der Waals surface area contributed by atoms with Gasteiger partial charge in [-0.3, -0.25) is 4.90 Å². The number of carboxylic acids is 1. The van der Waals surface area contributed by atoms with Gasteiger partial charge in [0.1, 0.15) is 6.04 Å². The molecule has 0 spiro atoms. The minimum atomic E-state index is -1.19. The van der Waals surface area contributed by atoms with Gasteiger partial charge in [0.2, 0.25) is 0 Å². The van der Waals surface area contributed by atoms with E-state index in [9.17, 15) is 9.59 Å². The summed E-state index contributed by atoms with van der Waals surface area (Å²) >= 11 is 0. The fraction of sp³-hybridized carbons (Fsp3) is 0.714. The van der Waals surface area contributed by atoms with Crippen LogP contribution >= 0.6 is 0 Å². The van der Waals surface area contributed by atoms with Crippen molar-refractivity contribution in [3.8, 4) is 0 Å². The van der Waals surface area contributed by atoms with E-state index >= 15 is 0 Å². The number of amides is 1. The van der Waals surface area contributed by atoms with Crippen molar-refractivity contribution in [1.82, 2.24) is 4.90 Å². The molecule has 0 saturated carbocycles. The number of likely N-dealkylation sites (N-methyl/N-ethyl adjacent to an activating group) is 1. The summed E-state index contributed by atoms with van der Waals surface area (Å²) < 4.78 is 0. The normalized spacial score (nSPS) is 12.2. The van der Waals surface area contributed by atoms with Gasteiger partial charge in [0.25, 0.3) is 0 Å². The predicted molar refractivity (Wildman–Crippen MR) is 42.1 cm³/mol. The SMILES string of the molecule is CC[C@H](C(=O)O)N(CC)C(=O)O. The van der Waals surface area contributed by atoms with Crippen LogP contribution in [0.25, 0.3) is 0 Å². The van der Waals surface area contributed by atoms with Crippen LogP contribution in [0.2, 0.25) is 0 Å². The van der Waals surface area contributed by atoms with Crippen LogP contribution in [0, 0.1) is 0 Å². The number of rotatable bonds is 4. The molecule has 0 aliphatic carbocycles. The van der Waals surface area contributed by atoms with E-state index in [-0.39, 0.29) is 13.0 Å². The molecule has 0 saturated heterocycles. The van der Waals surface area contributed by atoms with Crippen LogP contribution in [0.1, 0.15) is 20.3 Å². The molecule has 5 heteroatoms. The van der Waals surface area contributed by atoms with E-state index in [0.29, 0.717) is 0 Å². The van der Waals surface area contributed by atoms with Crippen molar-refractivity contribution in [2.75, 3.05) is 6.54 Å². The molecule has 0 aromatic carbocycles. The number of carbonyl (C=O) groups is 2. The molecule has 1 atom stereocenters. The van der Waals surface area contributed by atoms with Gasteiger partial charge < -0.3 is 10.2 Å². The van der Waals surface area contributed by atoms with Gasteiger partial charge in [0.05, 0.1) is 0 Å². The highest BCUT2D eigenvalue weighted by Gasteiger charge is 2.25. The maximum atomic E-state index is 10.5. The smallest absolute Gasteiger partial charge is 0.408 e. The molecule has 0 rings (SSSR count). The van der Waals surface area contributed by atoms with Gasteiger partial charge in [-0.15, -0.1) is 0 Å². The fourth-order valence-corrected chi connectivity index (χ4v) is 1.02. The highest BCUT2D eigenvalue weighted by Crippen LogP contribution is 2.04. The van der Waals surface area contributed by atoms with Crippen molar-refractivity contribution in [3.63, 3.8) is 0 Å². The Morgan fingerprint density at radius 1 is 1.33 bits per heavy atom. The van der Waals surface area contributed by atoms with E-state index in [2.05, 4.69) is 0 Å². The zero-order valence-corrected chi connectivity index (χ0v) is 7.15. The Morgan fingerprint density at radius 3 is 1.92 bits per heavy atom. The number of carboxylic acid groups (broad SMARTS) is 2. The first kappa shape index (κ1) is 10.7. The molecule has 12 heavy (non-hydrogen) atoms. The summed E-state index contributed by atoms with van der Waals surface area (Å²) in [4.78, 5) is 21.9. The van der Waals surface area contributed by atoms with Crippen LogP contribution in [0.5, 0.6) is 0 Å². The Kier molecular flexibility index (Phi) is 4.10. The lowest BCUT2D eigenvalue weighted by Gasteiger charge is -2.23. The largest absolute Gasteiger partial charge is 0.480 e. The molecule has 0 aliphatic rings. The molecule has 0 fully saturated rings. The summed E-state index contributed by atoms with van der Waals surface area (Å²) in [6.45, 7) is 3.45. The highest BCUT2D eigenvalue weighted by atomic mass is 16.4. The second-order valence-electron chi connectivity index (χ2n) is 2.33. The van der Waals surface area contributed by atoms with Crippen LogP contribution in [-0.2, 0) is 4.79 Å². The summed E-state index contributed by atoms with van der Waals surface area (Å²) in [6, 6.07) is -0.924. The third-order valence-electron chi connectivity index (χ3n) is 1.63. The molecule has 70 valence electrons. The fourth-order valence-electron chi connectivity index (χ4n) is 1.02. The van der Waals surface area contributed by atoms with E-state index in [1.165, 1.54) is 0 Å². The van der Waals surface area contributed by atoms with Crippen LogP contribution in [0.4, 0.5) is 4.79 Å². The molecule has 0 aromatic heterocycles. The third-order valence-corrected chi connectivity index (χ3v) is 1.63. The zero-order chi connectivity index (χ0) is 9.72. The second-order valence-corrected chi connectivity index (χ2v) is 2.33. The number of hydrogen-bond donors (Lipinski definition) is 2. The Hall–Kier alpha value is -1.26. The lowest BCUT2D eigenvalue weighted by molar-refractivity contribution is -0.142. The molecular formula is C7H13NO4. The van der Waals surface area contributed by atoms with Crippen molar-refractivity contribution in [1.29, 1.82) is 0 Å². The topological polar surface area (TPSA) is 77.8 Å². The van der Waals surface area contributed by atoms with E-state index in [0.717, 1.165) is 4.90 Å². The molecular weight excluding hydrogens is 162 g/mol. The van der Waals surface area contributed by atoms with Crippen LogP contribution < -0.4 is 0 Å². The summed E-state index contributed by atoms with van der Waals surface area (Å²) in [5.74, 6) is -1.10. The summed E-state index contributed by atoms with van der Waals surface area (Å²) in [6.07, 6.45) is -0.901. The quantitative estimate of drug-likeness (QED) is 0.664. The average molecular weight is 175 g/mol. The molecule has 0 bridgehead atoms. The zero-order valence-electron chi connectivity index (χ0n) is 7.15. The summed E-state index contributed by atoms with van der Waals surface area (Å²) in [5, 5.41) is 17.2. The Bertz CT molecular complexity index is 160. The van der Waals surface area contributed by atoms with Gasteiger partial charge in [-0.05, 0) is 13.3 Å². The van der Waals surface area contributed by atoms with Crippen molar-refractivity contribution in [3.05, 3.63) is 0 Å². The minimum Gasteiger partial charge on any atom is -0.480 e. The average Bonchev–Trinajstić information content (AvgIpc) is 1.98. The summed E-state index contributed by atoms with van der Waals surface area (Å²) in [5.41, 5.74) is 0. The Balaban J connectivity index is 4.44. The molecule has 0 aromatic rings. The van der Waals surface area contributed by atoms with E-state index in [1.807, 2.05) is 0 Å². The van der Waals surface area contributed by atoms with Gasteiger partial charge >= 0.3 is 12.1 Å². The highest BCUT2D eigenvalue weighted by molar-refractivity contribution is 5.79. The molecule has 2 N–H and O–H groups in total. The van der Waals surface area contributed by atoms with Crippen LogP contribution in [0.15, 0.2) is 0 Å². The minimum absolute atomic E-state index is 0.195. The first-order valence-corrected chi connectivity index (χ1v) is 3.76. The molecule has 0 aliphatic heterocycles. The lowest BCUT2D eigenvalue weighted by atomic mass is 10.2. The molecule has 0 unspecified atom stereocenters. The predicted octanol–water partition coefficient (Wildman–Crippen LogP) is 0.850. The van der Waals surface area contributed by atoms with Crippen molar-refractivity contribution in [2.45, 2.75) is 26.3 Å². The van der Waals surface area contributed by atoms with E-state index < -0.39 is 18.1 Å². The number of hydrogen-bond acceptors (Lipinski definition) is 2. The van der Waals surface area contributed by atoms with Crippen LogP contribution in [0.3, 0.4) is 0 Å². The van der Waals surface area contributed by atoms with Gasteiger partial charge in [0, 0.05) is 6.54 Å². The Morgan fingerprint density at radius 2 is 1.83 bits per heavy atom. The maximum absolute atomic E-state index is 10.5. The van der Waals surface area contributed by atoms with Crippen molar-refractivity contribution in [2.24, 2.45) is 0 Å². The molecule has 0 heterocycles. The van der Waals surface area contributed by atoms with Gasteiger partial charge in [-0.25, -0.2) is 9.59 Å². The maximum Gasteiger partial charge on any atom is 0.408 e. The molecule has 5 nitrogen and oxygen atoms in total. The molecule has 0 radical (unpaired) electrons. The van der Waals surface area contributed by atoms with E-state index in [1.54, 1.807) is 13.8 Å². The number of aliphatic carboxylic acids is 1. The van der Waals surface area contributed by atoms with Crippen molar-refractivity contribution < 1.29 is 19.8 Å². The summed E-state index contributed by atoms with van der Waals surface area (Å²) in [7, 11) is 0. The van der Waals surface area contributed by atoms with E-state index in [4.69, 9.17) is 10.2 Å². The van der Waals surface area contributed by atoms with Gasteiger partial charge in [-0.2, -0.15) is 0 Å². The monoisotopic (exact) mass is 175 g/mol. The van der Waals surface area contributed by atoms with Gasteiger partial charge in [-0.1, -0.05) is 6.92 Å². The molecule has 1 amide bonds. The third kappa shape index (κ3) is 2.41. The first-order valence-electron chi connectivity index (χ1n) is 3.76. The van der Waals surface area contributed by atoms with Gasteiger partial charge in [0.15, 0.2) is 0 Å². The first-order chi connectivity index (χ1) is 5.54.